The van der Waals surface area contributed by atoms with E-state index in [1.54, 1.807) is 12.1 Å². The second-order valence-electron chi connectivity index (χ2n) is 4.87. The number of nitrogens with one attached hydrogen (secondary N) is 1. The summed E-state index contributed by atoms with van der Waals surface area (Å²) in [6.45, 7) is -0.512. The fraction of sp³-hybridized carbons (Fsp3) is 0.235. The van der Waals surface area contributed by atoms with Gasteiger partial charge in [0.25, 0.3) is 5.91 Å². The van der Waals surface area contributed by atoms with E-state index in [1.807, 2.05) is 0 Å². The van der Waals surface area contributed by atoms with Gasteiger partial charge >= 0.3 is 5.97 Å². The van der Waals surface area contributed by atoms with E-state index in [0.717, 1.165) is 0 Å². The van der Waals surface area contributed by atoms with Crippen molar-refractivity contribution >= 4 is 29.2 Å². The minimum absolute atomic E-state index is 0.0948. The Morgan fingerprint density at radius 2 is 1.73 bits per heavy atom. The molecule has 1 aromatic heterocycles. The van der Waals surface area contributed by atoms with E-state index in [4.69, 9.17) is 30.5 Å². The molecule has 1 heterocycles. The van der Waals surface area contributed by atoms with Crippen molar-refractivity contribution in [3.63, 3.8) is 0 Å². The lowest BCUT2D eigenvalue weighted by molar-refractivity contribution is -0.119. The monoisotopic (exact) mass is 380 g/mol. The van der Waals surface area contributed by atoms with Crippen molar-refractivity contribution < 1.29 is 28.5 Å². The van der Waals surface area contributed by atoms with E-state index < -0.39 is 18.5 Å². The van der Waals surface area contributed by atoms with Gasteiger partial charge in [-0.2, -0.15) is 0 Å². The number of benzene rings is 1. The van der Waals surface area contributed by atoms with Crippen LogP contribution in [0.25, 0.3) is 0 Å². The lowest BCUT2D eigenvalue weighted by Gasteiger charge is -2.13. The number of esters is 1. The van der Waals surface area contributed by atoms with Gasteiger partial charge in [0.1, 0.15) is 11.3 Å². The molecule has 0 saturated heterocycles. The highest BCUT2D eigenvalue weighted by Crippen LogP contribution is 2.34. The average Bonchev–Trinajstić information content (AvgIpc) is 2.66. The molecule has 0 saturated carbocycles. The average molecular weight is 381 g/mol. The van der Waals surface area contributed by atoms with Gasteiger partial charge in [0.2, 0.25) is 0 Å². The van der Waals surface area contributed by atoms with Gasteiger partial charge in [0.05, 0.1) is 27.0 Å². The highest BCUT2D eigenvalue weighted by Gasteiger charge is 2.20. The normalized spacial score (nSPS) is 10.0. The van der Waals surface area contributed by atoms with Crippen LogP contribution in [0.5, 0.6) is 17.2 Å². The molecule has 2 aromatic rings. The first kappa shape index (κ1) is 19.3. The van der Waals surface area contributed by atoms with Gasteiger partial charge < -0.3 is 24.3 Å². The molecule has 2 rings (SSSR count). The second-order valence-corrected chi connectivity index (χ2v) is 5.23. The first-order valence-electron chi connectivity index (χ1n) is 7.37. The van der Waals surface area contributed by atoms with Crippen LogP contribution in [0.1, 0.15) is 10.4 Å². The van der Waals surface area contributed by atoms with E-state index >= 15 is 0 Å². The zero-order valence-electron chi connectivity index (χ0n) is 14.4. The van der Waals surface area contributed by atoms with Crippen molar-refractivity contribution in [1.29, 1.82) is 0 Å². The van der Waals surface area contributed by atoms with Crippen LogP contribution in [0.15, 0.2) is 30.5 Å². The van der Waals surface area contributed by atoms with Crippen molar-refractivity contribution in [2.24, 2.45) is 0 Å². The molecule has 1 amide bonds. The molecule has 0 aliphatic heterocycles. The molecule has 9 heteroatoms. The Balaban J connectivity index is 2.07. The Hall–Kier alpha value is -3.00. The summed E-state index contributed by atoms with van der Waals surface area (Å²) < 4.78 is 20.5. The molecule has 1 N–H and O–H groups in total. The van der Waals surface area contributed by atoms with Gasteiger partial charge in [0.15, 0.2) is 23.3 Å². The lowest BCUT2D eigenvalue weighted by atomic mass is 10.1. The number of hydrogen-bond acceptors (Lipinski definition) is 7. The zero-order chi connectivity index (χ0) is 19.1. The molecule has 0 atom stereocenters. The molecule has 0 bridgehead atoms. The van der Waals surface area contributed by atoms with Gasteiger partial charge in [-0.05, 0) is 12.1 Å². The Kier molecular flexibility index (Phi) is 6.62. The Morgan fingerprint density at radius 1 is 1.08 bits per heavy atom. The molecule has 0 unspecified atom stereocenters. The van der Waals surface area contributed by atoms with Gasteiger partial charge in [0, 0.05) is 18.3 Å². The van der Waals surface area contributed by atoms with E-state index in [1.165, 1.54) is 39.7 Å². The minimum atomic E-state index is -0.754. The Bertz CT molecular complexity index is 812. The number of ether oxygens (including phenoxy) is 4. The van der Waals surface area contributed by atoms with E-state index in [-0.39, 0.29) is 16.5 Å². The van der Waals surface area contributed by atoms with E-state index in [9.17, 15) is 9.59 Å². The SMILES string of the molecule is COc1cc(OC)c(C(=O)OCC(=O)Nc2cccnc2Cl)cc1OC. The van der Waals surface area contributed by atoms with Crippen LogP contribution in [0.4, 0.5) is 5.69 Å². The summed E-state index contributed by atoms with van der Waals surface area (Å²) in [7, 11) is 4.29. The van der Waals surface area contributed by atoms with Crippen LogP contribution >= 0.6 is 11.6 Å². The summed E-state index contributed by atoms with van der Waals surface area (Å²) >= 11 is 5.85. The standard InChI is InChI=1S/C17H17ClN2O6/c1-23-12-8-14(25-3)13(24-2)7-10(12)17(22)26-9-15(21)20-11-5-4-6-19-16(11)18/h4-8H,9H2,1-3H3,(H,20,21). The maximum atomic E-state index is 12.3. The second kappa shape index (κ2) is 8.91. The topological polar surface area (TPSA) is 96.0 Å². The maximum Gasteiger partial charge on any atom is 0.342 e. The number of halogens is 1. The Labute approximate surface area is 155 Å². The molecule has 0 radical (unpaired) electrons. The number of amides is 1. The Morgan fingerprint density at radius 3 is 2.35 bits per heavy atom. The van der Waals surface area contributed by atoms with Crippen LogP contribution in [0.2, 0.25) is 5.15 Å². The number of nitrogens with zero attached hydrogens (tertiary/aromatic N) is 1. The quantitative estimate of drug-likeness (QED) is 0.582. The number of rotatable bonds is 7. The molecule has 0 aliphatic rings. The molecule has 0 fully saturated rings. The van der Waals surface area contributed by atoms with Crippen molar-refractivity contribution in [3.05, 3.63) is 41.2 Å². The predicted octanol–water partition coefficient (Wildman–Crippen LogP) is 2.56. The third kappa shape index (κ3) is 4.54. The molecule has 0 spiro atoms. The highest BCUT2D eigenvalue weighted by atomic mass is 35.5. The van der Waals surface area contributed by atoms with Crippen LogP contribution in [-0.4, -0.2) is 44.8 Å². The number of carbonyl (C=O) groups is 2. The first-order chi connectivity index (χ1) is 12.5. The minimum Gasteiger partial charge on any atom is -0.496 e. The van der Waals surface area contributed by atoms with Crippen molar-refractivity contribution in [1.82, 2.24) is 4.98 Å². The molecule has 1 aromatic carbocycles. The summed E-state index contributed by atoms with van der Waals surface area (Å²) in [6.07, 6.45) is 1.49. The third-order valence-corrected chi connectivity index (χ3v) is 3.59. The smallest absolute Gasteiger partial charge is 0.342 e. The van der Waals surface area contributed by atoms with Gasteiger partial charge in [-0.25, -0.2) is 9.78 Å². The zero-order valence-corrected chi connectivity index (χ0v) is 15.1. The van der Waals surface area contributed by atoms with Gasteiger partial charge in [-0.3, -0.25) is 4.79 Å². The highest BCUT2D eigenvalue weighted by molar-refractivity contribution is 6.32. The molecular weight excluding hydrogens is 364 g/mol. The van der Waals surface area contributed by atoms with Crippen LogP contribution in [0, 0.1) is 0 Å². The molecule has 138 valence electrons. The van der Waals surface area contributed by atoms with Gasteiger partial charge in [-0.15, -0.1) is 0 Å². The van der Waals surface area contributed by atoms with E-state index in [2.05, 4.69) is 10.3 Å². The molecule has 8 nitrogen and oxygen atoms in total. The lowest BCUT2D eigenvalue weighted by Crippen LogP contribution is -2.21. The van der Waals surface area contributed by atoms with Crippen LogP contribution < -0.4 is 19.5 Å². The van der Waals surface area contributed by atoms with E-state index in [0.29, 0.717) is 17.2 Å². The number of methoxy groups -OCH3 is 3. The molecule has 26 heavy (non-hydrogen) atoms. The summed E-state index contributed by atoms with van der Waals surface area (Å²) in [6, 6.07) is 6.09. The van der Waals surface area contributed by atoms with Crippen molar-refractivity contribution in [2.75, 3.05) is 33.3 Å². The predicted molar refractivity (Wildman–Crippen MR) is 94.3 cm³/mol. The number of anilines is 1. The fourth-order valence-corrected chi connectivity index (χ4v) is 2.23. The fourth-order valence-electron chi connectivity index (χ4n) is 2.06. The number of carbonyl (C=O) groups excluding carboxylic acids is 2. The molecular formula is C17H17ClN2O6. The summed E-state index contributed by atoms with van der Waals surface area (Å²) in [5.41, 5.74) is 0.413. The third-order valence-electron chi connectivity index (χ3n) is 3.29. The van der Waals surface area contributed by atoms with Crippen LogP contribution in [0.3, 0.4) is 0 Å². The van der Waals surface area contributed by atoms with Crippen LogP contribution in [-0.2, 0) is 9.53 Å². The summed E-state index contributed by atoms with van der Waals surface area (Å²) in [5.74, 6) is -0.372. The summed E-state index contributed by atoms with van der Waals surface area (Å²) in [4.78, 5) is 28.1. The number of hydrogen-bond donors (Lipinski definition) is 1. The molecule has 0 aliphatic carbocycles. The number of pyridine rings is 1. The summed E-state index contributed by atoms with van der Waals surface area (Å²) in [5, 5.41) is 2.63. The first-order valence-corrected chi connectivity index (χ1v) is 7.75. The largest absolute Gasteiger partial charge is 0.496 e. The van der Waals surface area contributed by atoms with Crippen molar-refractivity contribution in [2.45, 2.75) is 0 Å². The maximum absolute atomic E-state index is 12.3. The van der Waals surface area contributed by atoms with Gasteiger partial charge in [-0.1, -0.05) is 11.6 Å². The van der Waals surface area contributed by atoms with Crippen molar-refractivity contribution in [3.8, 4) is 17.2 Å². The number of aromatic nitrogens is 1.